The highest BCUT2D eigenvalue weighted by Crippen LogP contribution is 2.26. The van der Waals surface area contributed by atoms with Crippen molar-refractivity contribution in [2.75, 3.05) is 20.3 Å². The number of hydrogen-bond acceptors (Lipinski definition) is 4. The zero-order valence-corrected chi connectivity index (χ0v) is 9.84. The smallest absolute Gasteiger partial charge is 0.329 e. The molecule has 0 fully saturated rings. The van der Waals surface area contributed by atoms with Gasteiger partial charge in [-0.05, 0) is 19.1 Å². The highest BCUT2D eigenvalue weighted by Gasteiger charge is 2.14. The lowest BCUT2D eigenvalue weighted by molar-refractivity contribution is -0.143. The minimum absolute atomic E-state index is 0.0773. The fourth-order valence-corrected chi connectivity index (χ4v) is 1.46. The van der Waals surface area contributed by atoms with Crippen LogP contribution in [0.4, 0.5) is 0 Å². The summed E-state index contributed by atoms with van der Waals surface area (Å²) in [5.74, 6) is -0.504. The molecular formula is C12H16O5. The van der Waals surface area contributed by atoms with Gasteiger partial charge < -0.3 is 19.7 Å². The molecule has 0 aliphatic rings. The third-order valence-electron chi connectivity index (χ3n) is 2.25. The maximum Gasteiger partial charge on any atom is 0.329 e. The summed E-state index contributed by atoms with van der Waals surface area (Å²) in [7, 11) is 1.51. The van der Waals surface area contributed by atoms with Crippen LogP contribution >= 0.6 is 0 Å². The third-order valence-corrected chi connectivity index (χ3v) is 2.25. The molecule has 1 aromatic rings. The van der Waals surface area contributed by atoms with Gasteiger partial charge in [0.25, 0.3) is 0 Å². The van der Waals surface area contributed by atoms with Gasteiger partial charge in [-0.2, -0.15) is 0 Å². The van der Waals surface area contributed by atoms with Gasteiger partial charge in [0, 0.05) is 5.56 Å². The van der Waals surface area contributed by atoms with Crippen LogP contribution in [0.2, 0.25) is 0 Å². The monoisotopic (exact) mass is 240 g/mol. The Balaban J connectivity index is 2.69. The molecule has 1 rings (SSSR count). The summed E-state index contributed by atoms with van der Waals surface area (Å²) < 4.78 is 9.96. The van der Waals surface area contributed by atoms with E-state index in [0.29, 0.717) is 11.3 Å². The van der Waals surface area contributed by atoms with Crippen LogP contribution in [0.1, 0.15) is 17.2 Å². The second-order valence-corrected chi connectivity index (χ2v) is 3.67. The number of aliphatic hydroxyl groups excluding tert-OH is 1. The number of carboxylic acid groups (broad SMARTS) is 1. The van der Waals surface area contributed by atoms with Crippen LogP contribution in [0.3, 0.4) is 0 Å². The van der Waals surface area contributed by atoms with Crippen molar-refractivity contribution in [1.82, 2.24) is 0 Å². The Kier molecular flexibility index (Phi) is 4.93. The molecule has 0 radical (unpaired) electrons. The molecule has 1 unspecified atom stereocenters. The number of hydrogen-bond donors (Lipinski definition) is 2. The Morgan fingerprint density at radius 2 is 2.18 bits per heavy atom. The van der Waals surface area contributed by atoms with E-state index in [0.717, 1.165) is 5.56 Å². The molecule has 0 amide bonds. The number of methoxy groups -OCH3 is 1. The molecule has 94 valence electrons. The van der Waals surface area contributed by atoms with Crippen LogP contribution in [0, 0.1) is 6.92 Å². The van der Waals surface area contributed by atoms with Crippen molar-refractivity contribution in [1.29, 1.82) is 0 Å². The Hall–Kier alpha value is -1.59. The van der Waals surface area contributed by atoms with E-state index in [1.165, 1.54) is 7.11 Å². The second kappa shape index (κ2) is 6.22. The Bertz CT molecular complexity index is 388. The van der Waals surface area contributed by atoms with Crippen molar-refractivity contribution in [3.8, 4) is 5.75 Å². The van der Waals surface area contributed by atoms with E-state index >= 15 is 0 Å². The summed E-state index contributed by atoms with van der Waals surface area (Å²) in [4.78, 5) is 10.3. The molecule has 5 heteroatoms. The van der Waals surface area contributed by atoms with Crippen LogP contribution < -0.4 is 4.74 Å². The van der Waals surface area contributed by atoms with Gasteiger partial charge in [-0.1, -0.05) is 11.6 Å². The van der Waals surface area contributed by atoms with Gasteiger partial charge in [-0.25, -0.2) is 4.79 Å². The molecule has 0 heterocycles. The number of carbonyl (C=O) groups is 1. The number of aliphatic carboxylic acids is 1. The lowest BCUT2D eigenvalue weighted by Gasteiger charge is -2.15. The largest absolute Gasteiger partial charge is 0.496 e. The number of aryl methyl sites for hydroxylation is 1. The molecule has 0 saturated carbocycles. The SMILES string of the molecule is COc1ccc(C)cc1C(O)COCC(=O)O. The first-order valence-electron chi connectivity index (χ1n) is 5.16. The molecule has 1 atom stereocenters. The minimum Gasteiger partial charge on any atom is -0.496 e. The topological polar surface area (TPSA) is 76.0 Å². The van der Waals surface area contributed by atoms with Crippen molar-refractivity contribution in [2.24, 2.45) is 0 Å². The van der Waals surface area contributed by atoms with Crippen LogP contribution in [0.25, 0.3) is 0 Å². The Labute approximate surface area is 99.6 Å². The predicted molar refractivity (Wildman–Crippen MR) is 61.1 cm³/mol. The minimum atomic E-state index is -1.06. The van der Waals surface area contributed by atoms with Crippen LogP contribution in [0.15, 0.2) is 18.2 Å². The third kappa shape index (κ3) is 4.05. The van der Waals surface area contributed by atoms with Crippen LogP contribution in [-0.4, -0.2) is 36.5 Å². The standard InChI is InChI=1S/C12H16O5/c1-8-3-4-11(16-2)9(5-8)10(13)6-17-7-12(14)15/h3-5,10,13H,6-7H2,1-2H3,(H,14,15). The number of aliphatic hydroxyl groups is 1. The number of carboxylic acids is 1. The lowest BCUT2D eigenvalue weighted by Crippen LogP contribution is -2.13. The van der Waals surface area contributed by atoms with Crippen molar-refractivity contribution < 1.29 is 24.5 Å². The average molecular weight is 240 g/mol. The van der Waals surface area contributed by atoms with Crippen molar-refractivity contribution >= 4 is 5.97 Å². The lowest BCUT2D eigenvalue weighted by atomic mass is 10.1. The molecule has 1 aromatic carbocycles. The molecule has 0 spiro atoms. The van der Waals surface area contributed by atoms with Gasteiger partial charge in [0.1, 0.15) is 18.5 Å². The molecule has 5 nitrogen and oxygen atoms in total. The van der Waals surface area contributed by atoms with E-state index < -0.39 is 18.7 Å². The maximum absolute atomic E-state index is 10.3. The molecule has 0 aliphatic heterocycles. The highest BCUT2D eigenvalue weighted by molar-refractivity contribution is 5.68. The van der Waals surface area contributed by atoms with Gasteiger partial charge >= 0.3 is 5.97 Å². The number of rotatable bonds is 6. The summed E-state index contributed by atoms with van der Waals surface area (Å²) in [6.45, 7) is 1.39. The highest BCUT2D eigenvalue weighted by atomic mass is 16.5. The van der Waals surface area contributed by atoms with E-state index in [-0.39, 0.29) is 6.61 Å². The predicted octanol–water partition coefficient (Wildman–Crippen LogP) is 1.14. The normalized spacial score (nSPS) is 12.2. The Morgan fingerprint density at radius 3 is 2.76 bits per heavy atom. The second-order valence-electron chi connectivity index (χ2n) is 3.67. The summed E-state index contributed by atoms with van der Waals surface area (Å²) in [6.07, 6.45) is -0.899. The maximum atomic E-state index is 10.3. The fraction of sp³-hybridized carbons (Fsp3) is 0.417. The van der Waals surface area contributed by atoms with E-state index in [1.807, 2.05) is 13.0 Å². The molecule has 0 aromatic heterocycles. The quantitative estimate of drug-likeness (QED) is 0.779. The fourth-order valence-electron chi connectivity index (χ4n) is 1.46. The van der Waals surface area contributed by atoms with Crippen molar-refractivity contribution in [3.05, 3.63) is 29.3 Å². The van der Waals surface area contributed by atoms with Gasteiger partial charge in [0.2, 0.25) is 0 Å². The summed E-state index contributed by atoms with van der Waals surface area (Å²) in [5.41, 5.74) is 1.58. The van der Waals surface area contributed by atoms with Crippen molar-refractivity contribution in [2.45, 2.75) is 13.0 Å². The first-order chi connectivity index (χ1) is 8.04. The zero-order chi connectivity index (χ0) is 12.8. The first kappa shape index (κ1) is 13.5. The first-order valence-corrected chi connectivity index (χ1v) is 5.16. The molecular weight excluding hydrogens is 224 g/mol. The van der Waals surface area contributed by atoms with Gasteiger partial charge in [0.05, 0.1) is 13.7 Å². The molecule has 0 bridgehead atoms. The summed E-state index contributed by atoms with van der Waals surface area (Å²) >= 11 is 0. The molecule has 2 N–H and O–H groups in total. The molecule has 17 heavy (non-hydrogen) atoms. The summed E-state index contributed by atoms with van der Waals surface area (Å²) in [6, 6.07) is 5.41. The number of benzene rings is 1. The number of ether oxygens (including phenoxy) is 2. The van der Waals surface area contributed by atoms with Gasteiger partial charge in [-0.3, -0.25) is 0 Å². The van der Waals surface area contributed by atoms with E-state index in [9.17, 15) is 9.90 Å². The zero-order valence-electron chi connectivity index (χ0n) is 9.84. The van der Waals surface area contributed by atoms with E-state index in [1.54, 1.807) is 12.1 Å². The van der Waals surface area contributed by atoms with E-state index in [4.69, 9.17) is 14.6 Å². The van der Waals surface area contributed by atoms with Gasteiger partial charge in [-0.15, -0.1) is 0 Å². The average Bonchev–Trinajstić information content (AvgIpc) is 2.28. The van der Waals surface area contributed by atoms with Crippen LogP contribution in [0.5, 0.6) is 5.75 Å². The molecule has 0 saturated heterocycles. The van der Waals surface area contributed by atoms with Crippen LogP contribution in [-0.2, 0) is 9.53 Å². The Morgan fingerprint density at radius 1 is 1.47 bits per heavy atom. The van der Waals surface area contributed by atoms with Gasteiger partial charge in [0.15, 0.2) is 0 Å². The van der Waals surface area contributed by atoms with E-state index in [2.05, 4.69) is 0 Å². The van der Waals surface area contributed by atoms with Crippen molar-refractivity contribution in [3.63, 3.8) is 0 Å². The molecule has 0 aliphatic carbocycles. The summed E-state index contributed by atoms with van der Waals surface area (Å²) in [5, 5.41) is 18.3.